The normalized spacial score (nSPS) is 13.7. The van der Waals surface area contributed by atoms with E-state index in [0.717, 1.165) is 30.8 Å². The predicted molar refractivity (Wildman–Crippen MR) is 91.8 cm³/mol. The Morgan fingerprint density at radius 3 is 2.29 bits per heavy atom. The van der Waals surface area contributed by atoms with Gasteiger partial charge in [0.2, 0.25) is 5.91 Å². The number of amides is 1. The van der Waals surface area contributed by atoms with Crippen LogP contribution in [0.3, 0.4) is 0 Å². The zero-order chi connectivity index (χ0) is 15.7. The molecule has 3 nitrogen and oxygen atoms in total. The fraction of sp³-hybridized carbons (Fsp3) is 0.588. The molecule has 0 saturated heterocycles. The molecule has 2 atom stereocenters. The van der Waals surface area contributed by atoms with Gasteiger partial charge in [-0.05, 0) is 50.9 Å². The molecule has 0 aliphatic heterocycles. The smallest absolute Gasteiger partial charge is 0.233 e. The summed E-state index contributed by atoms with van der Waals surface area (Å²) in [6.07, 6.45) is 2.11. The van der Waals surface area contributed by atoms with Crippen molar-refractivity contribution in [1.82, 2.24) is 10.6 Å². The molecule has 0 aromatic heterocycles. The first-order valence-corrected chi connectivity index (χ1v) is 8.74. The van der Waals surface area contributed by atoms with Crippen LogP contribution in [-0.4, -0.2) is 24.2 Å². The van der Waals surface area contributed by atoms with Gasteiger partial charge in [-0.1, -0.05) is 26.0 Å². The Labute approximate surface area is 133 Å². The van der Waals surface area contributed by atoms with E-state index < -0.39 is 0 Å². The van der Waals surface area contributed by atoms with Crippen molar-refractivity contribution in [3.63, 3.8) is 0 Å². The van der Waals surface area contributed by atoms with E-state index >= 15 is 0 Å². The number of thioether (sulfide) groups is 1. The van der Waals surface area contributed by atoms with Gasteiger partial charge in [0.15, 0.2) is 0 Å². The maximum Gasteiger partial charge on any atom is 0.233 e. The van der Waals surface area contributed by atoms with Crippen molar-refractivity contribution in [3.8, 4) is 0 Å². The van der Waals surface area contributed by atoms with Gasteiger partial charge in [0, 0.05) is 17.5 Å². The summed E-state index contributed by atoms with van der Waals surface area (Å²) in [5.74, 6) is 0.115. The average molecular weight is 308 g/mol. The maximum absolute atomic E-state index is 11.9. The monoisotopic (exact) mass is 308 g/mol. The van der Waals surface area contributed by atoms with Gasteiger partial charge in [0.25, 0.3) is 0 Å². The van der Waals surface area contributed by atoms with Gasteiger partial charge < -0.3 is 10.6 Å². The van der Waals surface area contributed by atoms with Gasteiger partial charge in [-0.3, -0.25) is 4.79 Å². The van der Waals surface area contributed by atoms with E-state index in [1.807, 2.05) is 6.92 Å². The van der Waals surface area contributed by atoms with Crippen LogP contribution in [0.1, 0.15) is 52.1 Å². The Hall–Kier alpha value is -1.00. The Kier molecular flexibility index (Phi) is 8.47. The molecule has 0 spiro atoms. The number of benzene rings is 1. The standard InChI is InChI=1S/C17H28N2OS/c1-5-11-18-13(3)15-7-9-16(10-8-15)21-14(4)17(20)19-12-6-2/h7-10,13-14,18H,5-6,11-12H2,1-4H3,(H,19,20). The number of hydrogen-bond acceptors (Lipinski definition) is 3. The highest BCUT2D eigenvalue weighted by atomic mass is 32.2. The van der Waals surface area contributed by atoms with Gasteiger partial charge in [-0.25, -0.2) is 0 Å². The molecule has 4 heteroatoms. The molecule has 21 heavy (non-hydrogen) atoms. The molecule has 0 fully saturated rings. The lowest BCUT2D eigenvalue weighted by molar-refractivity contribution is -0.120. The molecule has 1 rings (SSSR count). The minimum Gasteiger partial charge on any atom is -0.355 e. The van der Waals surface area contributed by atoms with Crippen LogP contribution in [0.15, 0.2) is 29.2 Å². The first kappa shape index (κ1) is 18.1. The molecule has 2 N–H and O–H groups in total. The lowest BCUT2D eigenvalue weighted by Gasteiger charge is -2.15. The van der Waals surface area contributed by atoms with Crippen molar-refractivity contribution in [1.29, 1.82) is 0 Å². The molecule has 1 aromatic rings. The Balaban J connectivity index is 2.52. The summed E-state index contributed by atoms with van der Waals surface area (Å²) in [6, 6.07) is 8.87. The zero-order valence-corrected chi connectivity index (χ0v) is 14.4. The van der Waals surface area contributed by atoms with Crippen molar-refractivity contribution in [3.05, 3.63) is 29.8 Å². The maximum atomic E-state index is 11.9. The summed E-state index contributed by atoms with van der Waals surface area (Å²) >= 11 is 1.61. The van der Waals surface area contributed by atoms with Crippen molar-refractivity contribution in [2.24, 2.45) is 0 Å². The summed E-state index contributed by atoms with van der Waals surface area (Å²) in [7, 11) is 0. The Bertz CT molecular complexity index is 419. The van der Waals surface area contributed by atoms with Gasteiger partial charge >= 0.3 is 0 Å². The first-order chi connectivity index (χ1) is 10.1. The summed E-state index contributed by atoms with van der Waals surface area (Å²) < 4.78 is 0. The number of hydrogen-bond donors (Lipinski definition) is 2. The second-order valence-corrected chi connectivity index (χ2v) is 6.71. The third-order valence-electron chi connectivity index (χ3n) is 3.31. The Morgan fingerprint density at radius 1 is 1.10 bits per heavy atom. The predicted octanol–water partition coefficient (Wildman–Crippen LogP) is 3.75. The van der Waals surface area contributed by atoms with Crippen molar-refractivity contribution in [2.45, 2.75) is 56.7 Å². The summed E-state index contributed by atoms with van der Waals surface area (Å²) in [5, 5.41) is 6.36. The van der Waals surface area contributed by atoms with Crippen molar-refractivity contribution >= 4 is 17.7 Å². The van der Waals surface area contributed by atoms with Gasteiger partial charge in [-0.2, -0.15) is 0 Å². The Morgan fingerprint density at radius 2 is 1.71 bits per heavy atom. The van der Waals surface area contributed by atoms with E-state index in [2.05, 4.69) is 55.7 Å². The highest BCUT2D eigenvalue weighted by Crippen LogP contribution is 2.25. The summed E-state index contributed by atoms with van der Waals surface area (Å²) in [5.41, 5.74) is 1.29. The quantitative estimate of drug-likeness (QED) is 0.683. The molecule has 0 bridgehead atoms. The molecule has 0 aliphatic rings. The first-order valence-electron chi connectivity index (χ1n) is 7.86. The van der Waals surface area contributed by atoms with Gasteiger partial charge in [0.1, 0.15) is 0 Å². The van der Waals surface area contributed by atoms with E-state index in [-0.39, 0.29) is 11.2 Å². The van der Waals surface area contributed by atoms with Crippen molar-refractivity contribution in [2.75, 3.05) is 13.1 Å². The fourth-order valence-electron chi connectivity index (χ4n) is 1.96. The largest absolute Gasteiger partial charge is 0.355 e. The second-order valence-electron chi connectivity index (χ2n) is 5.30. The molecule has 0 aliphatic carbocycles. The number of nitrogens with one attached hydrogen (secondary N) is 2. The molecular weight excluding hydrogens is 280 g/mol. The average Bonchev–Trinajstić information content (AvgIpc) is 2.50. The van der Waals surface area contributed by atoms with Gasteiger partial charge in [-0.15, -0.1) is 11.8 Å². The molecular formula is C17H28N2OS. The van der Waals surface area contributed by atoms with E-state index in [4.69, 9.17) is 0 Å². The van der Waals surface area contributed by atoms with Crippen molar-refractivity contribution < 1.29 is 4.79 Å². The topological polar surface area (TPSA) is 41.1 Å². The molecule has 0 saturated carbocycles. The minimum absolute atomic E-state index is 0.0574. The number of rotatable bonds is 9. The summed E-state index contributed by atoms with van der Waals surface area (Å²) in [6.45, 7) is 10.2. The fourth-order valence-corrected chi connectivity index (χ4v) is 2.86. The summed E-state index contributed by atoms with van der Waals surface area (Å²) in [4.78, 5) is 13.0. The third-order valence-corrected chi connectivity index (χ3v) is 4.42. The third kappa shape index (κ3) is 6.53. The SMILES string of the molecule is CCCNC(=O)C(C)Sc1ccc(C(C)NCCC)cc1. The van der Waals surface area contributed by atoms with E-state index in [1.165, 1.54) is 5.56 Å². The molecule has 0 radical (unpaired) electrons. The van der Waals surface area contributed by atoms with E-state index in [0.29, 0.717) is 6.04 Å². The van der Waals surface area contributed by atoms with Crippen LogP contribution in [0, 0.1) is 0 Å². The van der Waals surface area contributed by atoms with E-state index in [9.17, 15) is 4.79 Å². The molecule has 1 amide bonds. The van der Waals surface area contributed by atoms with E-state index in [1.54, 1.807) is 11.8 Å². The van der Waals surface area contributed by atoms with Crippen LogP contribution in [0.5, 0.6) is 0 Å². The van der Waals surface area contributed by atoms with Gasteiger partial charge in [0.05, 0.1) is 5.25 Å². The highest BCUT2D eigenvalue weighted by Gasteiger charge is 2.13. The van der Waals surface area contributed by atoms with Crippen LogP contribution in [0.25, 0.3) is 0 Å². The van der Waals surface area contributed by atoms with Crippen LogP contribution in [0.4, 0.5) is 0 Å². The molecule has 2 unspecified atom stereocenters. The molecule has 0 heterocycles. The minimum atomic E-state index is -0.0574. The van der Waals surface area contributed by atoms with Crippen LogP contribution >= 0.6 is 11.8 Å². The van der Waals surface area contributed by atoms with Crippen LogP contribution < -0.4 is 10.6 Å². The second kappa shape index (κ2) is 9.85. The number of carbonyl (C=O) groups is 1. The van der Waals surface area contributed by atoms with Crippen LogP contribution in [-0.2, 0) is 4.79 Å². The molecule has 1 aromatic carbocycles. The number of carbonyl (C=O) groups excluding carboxylic acids is 1. The van der Waals surface area contributed by atoms with Crippen LogP contribution in [0.2, 0.25) is 0 Å². The lowest BCUT2D eigenvalue weighted by atomic mass is 10.1. The highest BCUT2D eigenvalue weighted by molar-refractivity contribution is 8.00. The lowest BCUT2D eigenvalue weighted by Crippen LogP contribution is -2.31. The zero-order valence-electron chi connectivity index (χ0n) is 13.6. The molecule has 118 valence electrons.